The van der Waals surface area contributed by atoms with E-state index >= 15 is 0 Å². The fourth-order valence-corrected chi connectivity index (χ4v) is 4.84. The monoisotopic (exact) mass is 405 g/mol. The van der Waals surface area contributed by atoms with Crippen LogP contribution in [0.5, 0.6) is 0 Å². The highest BCUT2D eigenvalue weighted by Gasteiger charge is 2.25. The average molecular weight is 406 g/mol. The zero-order valence-corrected chi connectivity index (χ0v) is 18.1. The summed E-state index contributed by atoms with van der Waals surface area (Å²) in [5, 5.41) is 8.94. The molecule has 7 heteroatoms. The van der Waals surface area contributed by atoms with Gasteiger partial charge in [-0.1, -0.05) is 13.0 Å². The largest absolute Gasteiger partial charge is 0.357 e. The number of thiophene rings is 1. The lowest BCUT2D eigenvalue weighted by Gasteiger charge is -2.36. The molecular weight excluding hydrogens is 370 g/mol. The Kier molecular flexibility index (Phi) is 8.15. The predicted octanol–water partition coefficient (Wildman–Crippen LogP) is 2.70. The first-order chi connectivity index (χ1) is 13.7. The molecule has 3 rings (SSSR count). The average Bonchev–Trinajstić information content (AvgIpc) is 3.41. The van der Waals surface area contributed by atoms with Crippen LogP contribution in [0.25, 0.3) is 0 Å². The number of carbonyl (C=O) groups excluding carboxylic acids is 1. The molecule has 0 aliphatic carbocycles. The van der Waals surface area contributed by atoms with Gasteiger partial charge >= 0.3 is 0 Å². The maximum Gasteiger partial charge on any atom is 0.244 e. The van der Waals surface area contributed by atoms with E-state index in [1.165, 1.54) is 17.7 Å². The molecule has 3 heterocycles. The van der Waals surface area contributed by atoms with Crippen molar-refractivity contribution in [2.45, 2.75) is 45.6 Å². The zero-order chi connectivity index (χ0) is 19.8. The van der Waals surface area contributed by atoms with Gasteiger partial charge in [-0.3, -0.25) is 9.69 Å². The first kappa shape index (κ1) is 21.1. The van der Waals surface area contributed by atoms with E-state index in [0.29, 0.717) is 6.04 Å². The highest BCUT2D eigenvalue weighted by molar-refractivity contribution is 7.10. The molecule has 0 saturated carbocycles. The van der Waals surface area contributed by atoms with Crippen LogP contribution in [0, 0.1) is 5.92 Å². The molecule has 1 atom stereocenters. The third-order valence-electron chi connectivity index (χ3n) is 5.77. The molecular formula is C21H35N5OS. The van der Waals surface area contributed by atoms with Crippen LogP contribution in [0.15, 0.2) is 22.5 Å². The van der Waals surface area contributed by atoms with Gasteiger partial charge in [-0.25, -0.2) is 4.99 Å². The van der Waals surface area contributed by atoms with E-state index in [4.69, 9.17) is 0 Å². The Labute approximate surface area is 173 Å². The van der Waals surface area contributed by atoms with Crippen LogP contribution in [-0.4, -0.2) is 67.5 Å². The maximum atomic E-state index is 12.3. The topological polar surface area (TPSA) is 60.0 Å². The number of likely N-dealkylation sites (tertiary alicyclic amines) is 2. The Balaban J connectivity index is 1.60. The van der Waals surface area contributed by atoms with Crippen molar-refractivity contribution in [3.63, 3.8) is 0 Å². The van der Waals surface area contributed by atoms with Crippen molar-refractivity contribution in [2.75, 3.05) is 45.8 Å². The van der Waals surface area contributed by atoms with Crippen molar-refractivity contribution in [1.82, 2.24) is 20.4 Å². The van der Waals surface area contributed by atoms with Gasteiger partial charge in [-0.05, 0) is 63.1 Å². The fourth-order valence-electron chi connectivity index (χ4n) is 3.98. The quantitative estimate of drug-likeness (QED) is 0.541. The summed E-state index contributed by atoms with van der Waals surface area (Å²) in [6, 6.07) is 4.72. The van der Waals surface area contributed by atoms with Gasteiger partial charge in [-0.2, -0.15) is 0 Å². The summed E-state index contributed by atoms with van der Waals surface area (Å²) in [7, 11) is 0. The number of nitrogens with one attached hydrogen (secondary N) is 2. The Morgan fingerprint density at radius 3 is 2.64 bits per heavy atom. The molecule has 2 aliphatic heterocycles. The van der Waals surface area contributed by atoms with Gasteiger partial charge in [0.25, 0.3) is 0 Å². The second-order valence-corrected chi connectivity index (χ2v) is 8.89. The van der Waals surface area contributed by atoms with E-state index in [-0.39, 0.29) is 12.5 Å². The third-order valence-corrected chi connectivity index (χ3v) is 6.74. The number of amides is 1. The fraction of sp³-hybridized carbons (Fsp3) is 0.714. The number of piperidine rings is 1. The van der Waals surface area contributed by atoms with Crippen LogP contribution in [0.3, 0.4) is 0 Å². The normalized spacial score (nSPS) is 20.4. The first-order valence-electron chi connectivity index (χ1n) is 10.7. The van der Waals surface area contributed by atoms with Crippen molar-refractivity contribution in [2.24, 2.45) is 10.9 Å². The highest BCUT2D eigenvalue weighted by Crippen LogP contribution is 2.29. The van der Waals surface area contributed by atoms with E-state index in [2.05, 4.69) is 51.9 Å². The number of nitrogens with zero attached hydrogens (tertiary/aromatic N) is 3. The van der Waals surface area contributed by atoms with Gasteiger partial charge in [0, 0.05) is 31.1 Å². The number of hydrogen-bond acceptors (Lipinski definition) is 4. The third kappa shape index (κ3) is 5.95. The minimum atomic E-state index is 0.134. The van der Waals surface area contributed by atoms with Crippen molar-refractivity contribution in [3.05, 3.63) is 22.4 Å². The summed E-state index contributed by atoms with van der Waals surface area (Å²) in [6.45, 7) is 10.3. The molecule has 6 nitrogen and oxygen atoms in total. The lowest BCUT2D eigenvalue weighted by atomic mass is 9.97. The maximum absolute atomic E-state index is 12.3. The van der Waals surface area contributed by atoms with E-state index in [1.54, 1.807) is 0 Å². The molecule has 1 amide bonds. The van der Waals surface area contributed by atoms with Gasteiger partial charge in [0.15, 0.2) is 5.96 Å². The Bertz CT molecular complexity index is 619. The van der Waals surface area contributed by atoms with Gasteiger partial charge in [-0.15, -0.1) is 11.3 Å². The summed E-state index contributed by atoms with van der Waals surface area (Å²) in [5.74, 6) is 1.69. The van der Waals surface area contributed by atoms with Crippen LogP contribution in [0.2, 0.25) is 0 Å². The van der Waals surface area contributed by atoms with Crippen molar-refractivity contribution in [3.8, 4) is 0 Å². The van der Waals surface area contributed by atoms with E-state index in [9.17, 15) is 4.79 Å². The number of hydrogen-bond donors (Lipinski definition) is 2. The van der Waals surface area contributed by atoms with E-state index < -0.39 is 0 Å². The van der Waals surface area contributed by atoms with Crippen LogP contribution < -0.4 is 10.6 Å². The van der Waals surface area contributed by atoms with Crippen molar-refractivity contribution < 1.29 is 4.79 Å². The summed E-state index contributed by atoms with van der Waals surface area (Å²) < 4.78 is 0. The Morgan fingerprint density at radius 1 is 1.25 bits per heavy atom. The molecule has 2 saturated heterocycles. The molecule has 156 valence electrons. The van der Waals surface area contributed by atoms with Crippen molar-refractivity contribution >= 4 is 23.2 Å². The summed E-state index contributed by atoms with van der Waals surface area (Å²) in [4.78, 5) is 22.8. The van der Waals surface area contributed by atoms with E-state index in [0.717, 1.165) is 64.0 Å². The molecule has 2 aliphatic rings. The lowest BCUT2D eigenvalue weighted by Crippen LogP contribution is -2.45. The standard InChI is InChI=1S/C21H35N5OS/c1-3-22-21(24-16-20(27)26-10-4-5-11-26)23-15-18(19-7-6-14-28-19)25-12-8-17(2)9-13-25/h6-7,14,17-18H,3-5,8-13,15-16H2,1-2H3,(H2,22,23,24). The molecule has 1 aromatic heterocycles. The molecule has 0 bridgehead atoms. The second kappa shape index (κ2) is 10.8. The van der Waals surface area contributed by atoms with Crippen LogP contribution >= 0.6 is 11.3 Å². The molecule has 28 heavy (non-hydrogen) atoms. The minimum Gasteiger partial charge on any atom is -0.357 e. The number of carbonyl (C=O) groups is 1. The number of aliphatic imine (C=N–C) groups is 1. The van der Waals surface area contributed by atoms with Gasteiger partial charge in [0.2, 0.25) is 5.91 Å². The van der Waals surface area contributed by atoms with Crippen molar-refractivity contribution in [1.29, 1.82) is 0 Å². The Hall–Kier alpha value is -1.60. The van der Waals surface area contributed by atoms with Crippen LogP contribution in [-0.2, 0) is 4.79 Å². The SMILES string of the molecule is CCNC(=NCC(=O)N1CCCC1)NCC(c1cccs1)N1CCC(C)CC1. The summed E-state index contributed by atoms with van der Waals surface area (Å²) in [5.41, 5.74) is 0. The van der Waals surface area contributed by atoms with Crippen LogP contribution in [0.1, 0.15) is 50.4 Å². The number of rotatable bonds is 7. The smallest absolute Gasteiger partial charge is 0.244 e. The van der Waals surface area contributed by atoms with Crippen LogP contribution in [0.4, 0.5) is 0 Å². The highest BCUT2D eigenvalue weighted by atomic mass is 32.1. The zero-order valence-electron chi connectivity index (χ0n) is 17.3. The molecule has 0 radical (unpaired) electrons. The Morgan fingerprint density at radius 2 is 2.00 bits per heavy atom. The van der Waals surface area contributed by atoms with E-state index in [1.807, 2.05) is 16.2 Å². The summed E-state index contributed by atoms with van der Waals surface area (Å²) in [6.07, 6.45) is 4.76. The minimum absolute atomic E-state index is 0.134. The first-order valence-corrected chi connectivity index (χ1v) is 11.6. The molecule has 2 fully saturated rings. The lowest BCUT2D eigenvalue weighted by molar-refractivity contribution is -0.128. The van der Waals surface area contributed by atoms with Gasteiger partial charge < -0.3 is 15.5 Å². The van der Waals surface area contributed by atoms with Gasteiger partial charge in [0.05, 0.1) is 6.04 Å². The summed E-state index contributed by atoms with van der Waals surface area (Å²) >= 11 is 1.82. The molecule has 1 unspecified atom stereocenters. The molecule has 1 aromatic rings. The van der Waals surface area contributed by atoms with Gasteiger partial charge in [0.1, 0.15) is 6.54 Å². The molecule has 0 spiro atoms. The molecule has 2 N–H and O–H groups in total. The second-order valence-electron chi connectivity index (χ2n) is 7.91. The number of guanidine groups is 1. The molecule has 0 aromatic carbocycles. The predicted molar refractivity (Wildman–Crippen MR) is 117 cm³/mol.